The van der Waals surface area contributed by atoms with Gasteiger partial charge in [0.2, 0.25) is 0 Å². The molecule has 168 valence electrons. The first-order valence-corrected chi connectivity index (χ1v) is 10.3. The maximum Gasteiger partial charge on any atom is 0.341 e. The summed E-state index contributed by atoms with van der Waals surface area (Å²) in [5.41, 5.74) is 3.12. The van der Waals surface area contributed by atoms with E-state index in [9.17, 15) is 9.18 Å². The van der Waals surface area contributed by atoms with Crippen LogP contribution in [0.15, 0.2) is 54.6 Å². The number of ether oxygens (including phenoxy) is 3. The second-order valence-electron chi connectivity index (χ2n) is 7.31. The average Bonchev–Trinajstić information content (AvgIpc) is 2.76. The van der Waals surface area contributed by atoms with Crippen molar-refractivity contribution in [2.45, 2.75) is 26.9 Å². The van der Waals surface area contributed by atoms with Gasteiger partial charge < -0.3 is 19.3 Å². The highest BCUT2D eigenvalue weighted by Crippen LogP contribution is 2.29. The molecule has 0 radical (unpaired) electrons. The average molecular weight is 439 g/mol. The van der Waals surface area contributed by atoms with Gasteiger partial charge >= 0.3 is 5.97 Å². The van der Waals surface area contributed by atoms with E-state index in [0.717, 1.165) is 11.1 Å². The van der Waals surface area contributed by atoms with E-state index in [1.807, 2.05) is 32.0 Å². The van der Waals surface area contributed by atoms with Crippen LogP contribution in [0.1, 0.15) is 29.8 Å². The standard InChI is InChI=1S/C25H26FNO5/c1-4-30-14-24(32-18-9-11-23(17(3)13-18)31-15-25(28)29)22-7-5-6-21(27-22)19-10-8-16(2)12-20(19)26/h5-13,24H,4,14-15H2,1-3H3,(H,28,29)/t24-/m1/s1. The summed E-state index contributed by atoms with van der Waals surface area (Å²) in [7, 11) is 0. The summed E-state index contributed by atoms with van der Waals surface area (Å²) in [5, 5.41) is 8.79. The molecular formula is C25H26FNO5. The Balaban J connectivity index is 1.85. The minimum Gasteiger partial charge on any atom is -0.482 e. The molecule has 0 aliphatic heterocycles. The van der Waals surface area contributed by atoms with Crippen LogP contribution in [0.4, 0.5) is 4.39 Å². The Labute approximate surface area is 186 Å². The molecule has 3 rings (SSSR count). The molecule has 1 aromatic heterocycles. The van der Waals surface area contributed by atoms with E-state index in [-0.39, 0.29) is 12.4 Å². The summed E-state index contributed by atoms with van der Waals surface area (Å²) >= 11 is 0. The van der Waals surface area contributed by atoms with E-state index in [1.54, 1.807) is 37.3 Å². The second-order valence-corrected chi connectivity index (χ2v) is 7.31. The first-order valence-electron chi connectivity index (χ1n) is 10.3. The highest BCUT2D eigenvalue weighted by atomic mass is 19.1. The molecule has 0 saturated carbocycles. The van der Waals surface area contributed by atoms with Gasteiger partial charge in [0.05, 0.1) is 18.0 Å². The lowest BCUT2D eigenvalue weighted by molar-refractivity contribution is -0.139. The van der Waals surface area contributed by atoms with Gasteiger partial charge in [0.1, 0.15) is 17.3 Å². The molecular weight excluding hydrogens is 413 g/mol. The number of pyridine rings is 1. The Morgan fingerprint density at radius 2 is 1.94 bits per heavy atom. The maximum absolute atomic E-state index is 14.5. The van der Waals surface area contributed by atoms with Gasteiger partial charge in [-0.25, -0.2) is 14.2 Å². The predicted molar refractivity (Wildman–Crippen MR) is 119 cm³/mol. The van der Waals surface area contributed by atoms with Crippen molar-refractivity contribution in [3.8, 4) is 22.8 Å². The molecule has 0 unspecified atom stereocenters. The molecule has 1 heterocycles. The lowest BCUT2D eigenvalue weighted by atomic mass is 10.1. The third kappa shape index (κ3) is 6.04. The third-order valence-corrected chi connectivity index (χ3v) is 4.75. The number of aliphatic carboxylic acids is 1. The first-order chi connectivity index (χ1) is 15.4. The van der Waals surface area contributed by atoms with Crippen LogP contribution in [0.25, 0.3) is 11.3 Å². The van der Waals surface area contributed by atoms with Gasteiger partial charge in [0.15, 0.2) is 12.7 Å². The van der Waals surface area contributed by atoms with Crippen molar-refractivity contribution in [2.75, 3.05) is 19.8 Å². The highest BCUT2D eigenvalue weighted by Gasteiger charge is 2.18. The molecule has 0 amide bonds. The number of carboxylic acids is 1. The minimum atomic E-state index is -1.04. The summed E-state index contributed by atoms with van der Waals surface area (Å²) < 4.78 is 31.5. The Kier molecular flexibility index (Phi) is 7.78. The number of hydrogen-bond acceptors (Lipinski definition) is 5. The van der Waals surface area contributed by atoms with E-state index < -0.39 is 18.7 Å². The zero-order valence-corrected chi connectivity index (χ0v) is 18.3. The van der Waals surface area contributed by atoms with Gasteiger partial charge in [-0.1, -0.05) is 12.1 Å². The summed E-state index contributed by atoms with van der Waals surface area (Å²) in [6.07, 6.45) is -0.520. The fourth-order valence-electron chi connectivity index (χ4n) is 3.17. The molecule has 32 heavy (non-hydrogen) atoms. The van der Waals surface area contributed by atoms with E-state index in [4.69, 9.17) is 19.3 Å². The number of aromatic nitrogens is 1. The van der Waals surface area contributed by atoms with Gasteiger partial charge in [-0.2, -0.15) is 0 Å². The topological polar surface area (TPSA) is 77.9 Å². The van der Waals surface area contributed by atoms with Crippen LogP contribution in [-0.4, -0.2) is 35.9 Å². The number of hydrogen-bond donors (Lipinski definition) is 1. The number of nitrogens with zero attached hydrogens (tertiary/aromatic N) is 1. The van der Waals surface area contributed by atoms with Gasteiger partial charge in [0.25, 0.3) is 0 Å². The number of aryl methyl sites for hydroxylation is 2. The molecule has 0 aliphatic carbocycles. The third-order valence-electron chi connectivity index (χ3n) is 4.75. The molecule has 0 spiro atoms. The Hall–Kier alpha value is -3.45. The monoisotopic (exact) mass is 439 g/mol. The van der Waals surface area contributed by atoms with Crippen LogP contribution >= 0.6 is 0 Å². The largest absolute Gasteiger partial charge is 0.482 e. The Morgan fingerprint density at radius 1 is 1.12 bits per heavy atom. The van der Waals surface area contributed by atoms with Crippen LogP contribution in [0.2, 0.25) is 0 Å². The Morgan fingerprint density at radius 3 is 2.62 bits per heavy atom. The molecule has 0 bridgehead atoms. The second kappa shape index (κ2) is 10.7. The zero-order valence-electron chi connectivity index (χ0n) is 18.3. The fraction of sp³-hybridized carbons (Fsp3) is 0.280. The normalized spacial score (nSPS) is 11.8. The predicted octanol–water partition coefficient (Wildman–Crippen LogP) is 5.12. The molecule has 1 N–H and O–H groups in total. The lowest BCUT2D eigenvalue weighted by Gasteiger charge is -2.20. The molecule has 0 fully saturated rings. The van der Waals surface area contributed by atoms with Crippen LogP contribution < -0.4 is 9.47 Å². The quantitative estimate of drug-likeness (QED) is 0.472. The van der Waals surface area contributed by atoms with Crippen molar-refractivity contribution >= 4 is 5.97 Å². The number of carbonyl (C=O) groups is 1. The number of rotatable bonds is 10. The van der Waals surface area contributed by atoms with Crippen LogP contribution in [0.5, 0.6) is 11.5 Å². The summed E-state index contributed by atoms with van der Waals surface area (Å²) in [5.74, 6) is -0.346. The number of benzene rings is 2. The van der Waals surface area contributed by atoms with Crippen LogP contribution in [-0.2, 0) is 9.53 Å². The summed E-state index contributed by atoms with van der Waals surface area (Å²) in [6, 6.07) is 15.6. The van der Waals surface area contributed by atoms with Gasteiger partial charge in [-0.05, 0) is 74.4 Å². The van der Waals surface area contributed by atoms with Crippen molar-refractivity contribution in [3.05, 3.63) is 77.2 Å². The Bertz CT molecular complexity index is 1090. The highest BCUT2D eigenvalue weighted by molar-refractivity contribution is 5.68. The summed E-state index contributed by atoms with van der Waals surface area (Å²) in [6.45, 7) is 5.89. The van der Waals surface area contributed by atoms with Crippen molar-refractivity contribution < 1.29 is 28.5 Å². The van der Waals surface area contributed by atoms with Crippen molar-refractivity contribution in [1.29, 1.82) is 0 Å². The SMILES string of the molecule is CCOC[C@@H](Oc1ccc(OCC(=O)O)c(C)c1)c1cccc(-c2ccc(C)cc2F)n1. The first kappa shape index (κ1) is 23.2. The van der Waals surface area contributed by atoms with Crippen molar-refractivity contribution in [1.82, 2.24) is 4.98 Å². The van der Waals surface area contributed by atoms with Gasteiger partial charge in [-0.3, -0.25) is 0 Å². The van der Waals surface area contributed by atoms with Gasteiger partial charge in [-0.15, -0.1) is 0 Å². The van der Waals surface area contributed by atoms with E-state index in [1.165, 1.54) is 6.07 Å². The van der Waals surface area contributed by atoms with E-state index in [2.05, 4.69) is 4.98 Å². The smallest absolute Gasteiger partial charge is 0.341 e. The molecule has 7 heteroatoms. The molecule has 1 atom stereocenters. The molecule has 0 saturated heterocycles. The fourth-order valence-corrected chi connectivity index (χ4v) is 3.17. The van der Waals surface area contributed by atoms with Crippen LogP contribution in [0, 0.1) is 19.7 Å². The minimum absolute atomic E-state index is 0.264. The lowest BCUT2D eigenvalue weighted by Crippen LogP contribution is -2.16. The summed E-state index contributed by atoms with van der Waals surface area (Å²) in [4.78, 5) is 15.4. The van der Waals surface area contributed by atoms with Crippen molar-refractivity contribution in [3.63, 3.8) is 0 Å². The zero-order chi connectivity index (χ0) is 23.1. The number of carboxylic acid groups (broad SMARTS) is 1. The number of halogens is 1. The molecule has 6 nitrogen and oxygen atoms in total. The molecule has 3 aromatic rings. The van der Waals surface area contributed by atoms with E-state index in [0.29, 0.717) is 35.1 Å². The molecule has 2 aromatic carbocycles. The van der Waals surface area contributed by atoms with Gasteiger partial charge in [0, 0.05) is 12.2 Å². The van der Waals surface area contributed by atoms with Crippen LogP contribution in [0.3, 0.4) is 0 Å². The van der Waals surface area contributed by atoms with Crippen molar-refractivity contribution in [2.24, 2.45) is 0 Å². The maximum atomic E-state index is 14.5. The molecule has 0 aliphatic rings. The van der Waals surface area contributed by atoms with E-state index >= 15 is 0 Å².